The van der Waals surface area contributed by atoms with Crippen molar-refractivity contribution in [2.24, 2.45) is 7.05 Å². The highest BCUT2D eigenvalue weighted by atomic mass is 16.2. The Kier molecular flexibility index (Phi) is 3.95. The molecule has 3 aromatic rings. The van der Waals surface area contributed by atoms with Gasteiger partial charge in [-0.2, -0.15) is 5.10 Å². The molecule has 0 saturated carbocycles. The molecule has 26 heavy (non-hydrogen) atoms. The molecular weight excluding hydrogens is 332 g/mol. The Labute approximate surface area is 150 Å². The fourth-order valence-electron chi connectivity index (χ4n) is 3.33. The monoisotopic (exact) mass is 352 g/mol. The van der Waals surface area contributed by atoms with E-state index in [1.165, 1.54) is 0 Å². The summed E-state index contributed by atoms with van der Waals surface area (Å²) in [6.45, 7) is 2.53. The first-order valence-electron chi connectivity index (χ1n) is 8.55. The average molecular weight is 352 g/mol. The molecule has 0 spiro atoms. The molecule has 8 heteroatoms. The quantitative estimate of drug-likeness (QED) is 0.754. The standard InChI is InChI=1S/C18H20N6O2/c1-12-4-3-7-23-13(11-19-17(12)23)10-16(25)20-14-5-9-24(18(14)26)15-6-8-22(2)21-15/h3-4,6-8,11,14H,5,9-10H2,1-2H3,(H,20,25). The van der Waals surface area contributed by atoms with Crippen molar-refractivity contribution in [2.45, 2.75) is 25.8 Å². The molecule has 0 aromatic carbocycles. The molecule has 0 bridgehead atoms. The fourth-order valence-corrected chi connectivity index (χ4v) is 3.33. The number of rotatable bonds is 4. The number of aryl methyl sites for hydroxylation is 2. The van der Waals surface area contributed by atoms with E-state index in [1.54, 1.807) is 35.1 Å². The third-order valence-corrected chi connectivity index (χ3v) is 4.67. The molecule has 1 atom stereocenters. The van der Waals surface area contributed by atoms with Crippen molar-refractivity contribution in [3.8, 4) is 0 Å². The van der Waals surface area contributed by atoms with Crippen LogP contribution in [-0.4, -0.2) is 43.6 Å². The van der Waals surface area contributed by atoms with E-state index < -0.39 is 6.04 Å². The Morgan fingerprint density at radius 1 is 1.35 bits per heavy atom. The zero-order chi connectivity index (χ0) is 18.3. The normalized spacial score (nSPS) is 17.2. The van der Waals surface area contributed by atoms with E-state index in [-0.39, 0.29) is 18.2 Å². The lowest BCUT2D eigenvalue weighted by molar-refractivity contribution is -0.126. The summed E-state index contributed by atoms with van der Waals surface area (Å²) in [4.78, 5) is 31.0. The minimum absolute atomic E-state index is 0.119. The summed E-state index contributed by atoms with van der Waals surface area (Å²) in [6, 6.07) is 5.19. The van der Waals surface area contributed by atoms with Crippen LogP contribution in [-0.2, 0) is 23.1 Å². The maximum Gasteiger partial charge on any atom is 0.250 e. The van der Waals surface area contributed by atoms with Crippen molar-refractivity contribution >= 4 is 23.3 Å². The minimum Gasteiger partial charge on any atom is -0.344 e. The SMILES string of the molecule is Cc1cccn2c(CC(=O)NC3CCN(c4ccn(C)n4)C3=O)cnc12. The molecule has 1 aliphatic heterocycles. The van der Waals surface area contributed by atoms with Gasteiger partial charge in [-0.25, -0.2) is 4.98 Å². The summed E-state index contributed by atoms with van der Waals surface area (Å²) in [5, 5.41) is 7.10. The highest BCUT2D eigenvalue weighted by Crippen LogP contribution is 2.19. The summed E-state index contributed by atoms with van der Waals surface area (Å²) in [6.07, 6.45) is 6.15. The number of aromatic nitrogens is 4. The van der Waals surface area contributed by atoms with Crippen LogP contribution in [0.2, 0.25) is 0 Å². The summed E-state index contributed by atoms with van der Waals surface area (Å²) in [5.41, 5.74) is 2.69. The highest BCUT2D eigenvalue weighted by molar-refractivity contribution is 6.00. The van der Waals surface area contributed by atoms with Gasteiger partial charge in [0.25, 0.3) is 5.91 Å². The molecule has 0 aliphatic carbocycles. The smallest absolute Gasteiger partial charge is 0.250 e. The molecule has 4 heterocycles. The molecule has 4 rings (SSSR count). The second-order valence-electron chi connectivity index (χ2n) is 6.56. The number of carbonyl (C=O) groups excluding carboxylic acids is 2. The number of nitrogens with zero attached hydrogens (tertiary/aromatic N) is 5. The highest BCUT2D eigenvalue weighted by Gasteiger charge is 2.34. The molecule has 3 aromatic heterocycles. The van der Waals surface area contributed by atoms with Crippen molar-refractivity contribution in [3.63, 3.8) is 0 Å². The zero-order valence-electron chi connectivity index (χ0n) is 14.7. The zero-order valence-corrected chi connectivity index (χ0v) is 14.7. The van der Waals surface area contributed by atoms with E-state index in [0.717, 1.165) is 16.9 Å². The first-order chi connectivity index (χ1) is 12.5. The Morgan fingerprint density at radius 3 is 2.96 bits per heavy atom. The number of carbonyl (C=O) groups is 2. The van der Waals surface area contributed by atoms with Gasteiger partial charge in [0.2, 0.25) is 5.91 Å². The maximum atomic E-state index is 12.6. The van der Waals surface area contributed by atoms with Gasteiger partial charge in [0, 0.05) is 38.2 Å². The van der Waals surface area contributed by atoms with Crippen LogP contribution in [0.5, 0.6) is 0 Å². The van der Waals surface area contributed by atoms with Crippen molar-refractivity contribution in [2.75, 3.05) is 11.4 Å². The Balaban J connectivity index is 1.43. The van der Waals surface area contributed by atoms with E-state index in [4.69, 9.17) is 0 Å². The molecule has 1 fully saturated rings. The van der Waals surface area contributed by atoms with Gasteiger partial charge in [0.05, 0.1) is 12.1 Å². The molecule has 1 aliphatic rings. The van der Waals surface area contributed by atoms with E-state index in [9.17, 15) is 9.59 Å². The summed E-state index contributed by atoms with van der Waals surface area (Å²) >= 11 is 0. The Morgan fingerprint density at radius 2 is 2.19 bits per heavy atom. The molecule has 0 radical (unpaired) electrons. The van der Waals surface area contributed by atoms with Crippen molar-refractivity contribution in [1.82, 2.24) is 24.5 Å². The third-order valence-electron chi connectivity index (χ3n) is 4.67. The van der Waals surface area contributed by atoms with Crippen molar-refractivity contribution < 1.29 is 9.59 Å². The first-order valence-corrected chi connectivity index (χ1v) is 8.55. The van der Waals surface area contributed by atoms with Crippen LogP contribution in [0.3, 0.4) is 0 Å². The lowest BCUT2D eigenvalue weighted by Gasteiger charge is -2.14. The Hall–Kier alpha value is -3.16. The van der Waals surface area contributed by atoms with Gasteiger partial charge in [-0.3, -0.25) is 19.2 Å². The number of anilines is 1. The van der Waals surface area contributed by atoms with Crippen molar-refractivity contribution in [1.29, 1.82) is 0 Å². The number of hydrogen-bond acceptors (Lipinski definition) is 4. The van der Waals surface area contributed by atoms with E-state index in [0.29, 0.717) is 18.8 Å². The van der Waals surface area contributed by atoms with E-state index in [2.05, 4.69) is 15.4 Å². The molecule has 2 amide bonds. The van der Waals surface area contributed by atoms with Crippen LogP contribution in [0.1, 0.15) is 17.7 Å². The van der Waals surface area contributed by atoms with Gasteiger partial charge in [0.15, 0.2) is 5.82 Å². The largest absolute Gasteiger partial charge is 0.344 e. The van der Waals surface area contributed by atoms with Gasteiger partial charge in [-0.15, -0.1) is 0 Å². The van der Waals surface area contributed by atoms with Crippen molar-refractivity contribution in [3.05, 3.63) is 48.0 Å². The maximum absolute atomic E-state index is 12.6. The summed E-state index contributed by atoms with van der Waals surface area (Å²) < 4.78 is 3.56. The van der Waals surface area contributed by atoms with Gasteiger partial charge < -0.3 is 9.72 Å². The number of pyridine rings is 1. The lowest BCUT2D eigenvalue weighted by atomic mass is 10.2. The van der Waals surface area contributed by atoms with Crippen LogP contribution in [0, 0.1) is 6.92 Å². The molecule has 1 saturated heterocycles. The summed E-state index contributed by atoms with van der Waals surface area (Å²) in [7, 11) is 1.81. The number of fused-ring (bicyclic) bond motifs is 1. The first kappa shape index (κ1) is 16.3. The third kappa shape index (κ3) is 2.83. The Bertz CT molecular complexity index is 989. The van der Waals surface area contributed by atoms with E-state index >= 15 is 0 Å². The fraction of sp³-hybridized carbons (Fsp3) is 0.333. The van der Waals surface area contributed by atoms with Crippen LogP contribution in [0.15, 0.2) is 36.8 Å². The van der Waals surface area contributed by atoms with Crippen LogP contribution >= 0.6 is 0 Å². The predicted molar refractivity (Wildman–Crippen MR) is 95.7 cm³/mol. The minimum atomic E-state index is -0.509. The van der Waals surface area contributed by atoms with Gasteiger partial charge in [0.1, 0.15) is 11.7 Å². The average Bonchev–Trinajstić information content (AvgIpc) is 3.30. The van der Waals surface area contributed by atoms with Gasteiger partial charge in [-0.05, 0) is 25.0 Å². The number of nitrogens with one attached hydrogen (secondary N) is 1. The second kappa shape index (κ2) is 6.29. The molecule has 8 nitrogen and oxygen atoms in total. The van der Waals surface area contributed by atoms with Crippen LogP contribution in [0.4, 0.5) is 5.82 Å². The number of amides is 2. The lowest BCUT2D eigenvalue weighted by Crippen LogP contribution is -2.42. The predicted octanol–water partition coefficient (Wildman–Crippen LogP) is 0.840. The van der Waals surface area contributed by atoms with Gasteiger partial charge in [-0.1, -0.05) is 6.07 Å². The van der Waals surface area contributed by atoms with Gasteiger partial charge >= 0.3 is 0 Å². The molecular formula is C18H20N6O2. The molecule has 134 valence electrons. The molecule has 1 N–H and O–H groups in total. The van der Waals surface area contributed by atoms with Crippen LogP contribution < -0.4 is 10.2 Å². The van der Waals surface area contributed by atoms with E-state index in [1.807, 2.05) is 29.7 Å². The summed E-state index contributed by atoms with van der Waals surface area (Å²) in [5.74, 6) is 0.312. The number of imidazole rings is 1. The number of hydrogen-bond donors (Lipinski definition) is 1. The molecule has 1 unspecified atom stereocenters. The topological polar surface area (TPSA) is 84.5 Å². The second-order valence-corrected chi connectivity index (χ2v) is 6.56. The van der Waals surface area contributed by atoms with Crippen LogP contribution in [0.25, 0.3) is 5.65 Å².